The van der Waals surface area contributed by atoms with E-state index in [-0.39, 0.29) is 17.6 Å². The number of carboxylic acid groups (broad SMARTS) is 1. The van der Waals surface area contributed by atoms with Crippen molar-refractivity contribution in [2.45, 2.75) is 116 Å². The van der Waals surface area contributed by atoms with Gasteiger partial charge in [0.15, 0.2) is 0 Å². The molecule has 1 rings (SSSR count). The predicted molar refractivity (Wildman–Crippen MR) is 123 cm³/mol. The molecule has 0 aromatic rings. The zero-order valence-corrected chi connectivity index (χ0v) is 19.5. The molecule has 0 bridgehead atoms. The summed E-state index contributed by atoms with van der Waals surface area (Å²) in [6.45, 7) is 2.42. The molecule has 0 radical (unpaired) electrons. The van der Waals surface area contributed by atoms with Gasteiger partial charge in [-0.2, -0.15) is 0 Å². The van der Waals surface area contributed by atoms with Crippen LogP contribution in [0.4, 0.5) is 0 Å². The SMILES string of the molecule is CCCCCCCCCCCCCCCCCCC1=NC=C[N+]1(CCO)CC(=O)[O-]. The molecular formula is C25H46N2O3. The molecule has 0 amide bonds. The highest BCUT2D eigenvalue weighted by atomic mass is 16.4. The van der Waals surface area contributed by atoms with E-state index in [0.29, 0.717) is 6.54 Å². The number of aliphatic carboxylic acids is 1. The maximum atomic E-state index is 11.1. The number of aliphatic hydroxyl groups is 1. The second kappa shape index (κ2) is 17.5. The molecular weight excluding hydrogens is 376 g/mol. The summed E-state index contributed by atoms with van der Waals surface area (Å²) in [6.07, 6.45) is 25.6. The second-order valence-electron chi connectivity index (χ2n) is 8.91. The van der Waals surface area contributed by atoms with Crippen LogP contribution in [-0.2, 0) is 4.79 Å². The van der Waals surface area contributed by atoms with Gasteiger partial charge in [-0.1, -0.05) is 103 Å². The molecule has 0 saturated heterocycles. The quantitative estimate of drug-likeness (QED) is 0.207. The van der Waals surface area contributed by atoms with Gasteiger partial charge in [0.1, 0.15) is 19.3 Å². The summed E-state index contributed by atoms with van der Waals surface area (Å²) in [4.78, 5) is 15.5. The van der Waals surface area contributed by atoms with Gasteiger partial charge in [-0.05, 0) is 6.42 Å². The zero-order chi connectivity index (χ0) is 21.9. The molecule has 1 aliphatic rings. The Morgan fingerprint density at radius 1 is 0.867 bits per heavy atom. The summed E-state index contributed by atoms with van der Waals surface area (Å²) >= 11 is 0. The van der Waals surface area contributed by atoms with Crippen LogP contribution >= 0.6 is 0 Å². The fraction of sp³-hybridized carbons (Fsp3) is 0.840. The summed E-state index contributed by atoms with van der Waals surface area (Å²) in [6, 6.07) is 0. The van der Waals surface area contributed by atoms with Crippen molar-refractivity contribution < 1.29 is 19.5 Å². The first-order valence-electron chi connectivity index (χ1n) is 12.6. The van der Waals surface area contributed by atoms with Crippen molar-refractivity contribution in [1.29, 1.82) is 0 Å². The molecule has 5 nitrogen and oxygen atoms in total. The van der Waals surface area contributed by atoms with Gasteiger partial charge in [0.2, 0.25) is 5.84 Å². The highest BCUT2D eigenvalue weighted by molar-refractivity contribution is 5.80. The lowest BCUT2D eigenvalue weighted by Crippen LogP contribution is -2.54. The molecule has 1 N–H and O–H groups in total. The van der Waals surface area contributed by atoms with Crippen LogP contribution in [0.2, 0.25) is 0 Å². The number of aliphatic hydroxyl groups excluding tert-OH is 1. The Morgan fingerprint density at radius 2 is 1.33 bits per heavy atom. The van der Waals surface area contributed by atoms with Gasteiger partial charge in [-0.25, -0.2) is 9.48 Å². The minimum Gasteiger partial charge on any atom is -0.544 e. The Balaban J connectivity index is 1.95. The van der Waals surface area contributed by atoms with Gasteiger partial charge in [0, 0.05) is 6.42 Å². The van der Waals surface area contributed by atoms with Gasteiger partial charge in [0.25, 0.3) is 0 Å². The molecule has 0 spiro atoms. The van der Waals surface area contributed by atoms with E-state index in [4.69, 9.17) is 0 Å². The lowest BCUT2D eigenvalue weighted by molar-refractivity contribution is -0.783. The van der Waals surface area contributed by atoms with E-state index in [0.717, 1.165) is 25.1 Å². The number of carboxylic acids is 1. The highest BCUT2D eigenvalue weighted by Crippen LogP contribution is 2.21. The van der Waals surface area contributed by atoms with E-state index in [1.165, 1.54) is 89.9 Å². The average molecular weight is 423 g/mol. The third kappa shape index (κ3) is 11.8. The molecule has 0 aromatic heterocycles. The molecule has 0 fully saturated rings. The number of carbonyl (C=O) groups excluding carboxylic acids is 1. The predicted octanol–water partition coefficient (Wildman–Crippen LogP) is 5.08. The Kier molecular flexibility index (Phi) is 15.6. The Labute approximate surface area is 184 Å². The number of unbranched alkanes of at least 4 members (excludes halogenated alkanes) is 15. The molecule has 1 aliphatic heterocycles. The third-order valence-corrected chi connectivity index (χ3v) is 6.25. The maximum absolute atomic E-state index is 11.1. The van der Waals surface area contributed by atoms with Crippen LogP contribution in [0, 0.1) is 0 Å². The van der Waals surface area contributed by atoms with Gasteiger partial charge >= 0.3 is 0 Å². The van der Waals surface area contributed by atoms with E-state index >= 15 is 0 Å². The second-order valence-corrected chi connectivity index (χ2v) is 8.91. The number of amidine groups is 1. The van der Waals surface area contributed by atoms with E-state index in [1.807, 2.05) is 0 Å². The van der Waals surface area contributed by atoms with E-state index in [9.17, 15) is 15.0 Å². The van der Waals surface area contributed by atoms with Crippen molar-refractivity contribution in [1.82, 2.24) is 0 Å². The number of aliphatic imine (C=N–C) groups is 1. The lowest BCUT2D eigenvalue weighted by atomic mass is 10.0. The first-order chi connectivity index (χ1) is 14.6. The van der Waals surface area contributed by atoms with Crippen molar-refractivity contribution in [3.8, 4) is 0 Å². The van der Waals surface area contributed by atoms with Crippen molar-refractivity contribution >= 4 is 11.8 Å². The monoisotopic (exact) mass is 422 g/mol. The fourth-order valence-electron chi connectivity index (χ4n) is 4.40. The number of carbonyl (C=O) groups is 1. The fourth-order valence-corrected chi connectivity index (χ4v) is 4.40. The van der Waals surface area contributed by atoms with Gasteiger partial charge in [-0.15, -0.1) is 0 Å². The lowest BCUT2D eigenvalue weighted by Gasteiger charge is -2.32. The largest absolute Gasteiger partial charge is 0.544 e. The van der Waals surface area contributed by atoms with Crippen LogP contribution in [0.5, 0.6) is 0 Å². The first kappa shape index (κ1) is 26.8. The summed E-state index contributed by atoms with van der Waals surface area (Å²) in [5.74, 6) is -0.256. The van der Waals surface area contributed by atoms with Crippen LogP contribution in [0.3, 0.4) is 0 Å². The molecule has 0 aromatic carbocycles. The molecule has 5 heteroatoms. The zero-order valence-electron chi connectivity index (χ0n) is 19.5. The number of hydrogen-bond donors (Lipinski definition) is 1. The molecule has 174 valence electrons. The van der Waals surface area contributed by atoms with Crippen molar-refractivity contribution in [2.24, 2.45) is 4.99 Å². The summed E-state index contributed by atoms with van der Waals surface area (Å²) in [5.41, 5.74) is 0. The molecule has 1 atom stereocenters. The maximum Gasteiger partial charge on any atom is 0.207 e. The summed E-state index contributed by atoms with van der Waals surface area (Å²) < 4.78 is 0.123. The molecule has 30 heavy (non-hydrogen) atoms. The average Bonchev–Trinajstić information content (AvgIpc) is 3.09. The van der Waals surface area contributed by atoms with E-state index in [1.54, 1.807) is 12.4 Å². The van der Waals surface area contributed by atoms with Crippen LogP contribution in [0.15, 0.2) is 17.4 Å². The van der Waals surface area contributed by atoms with Crippen molar-refractivity contribution in [3.63, 3.8) is 0 Å². The molecule has 0 saturated carbocycles. The van der Waals surface area contributed by atoms with Gasteiger partial charge < -0.3 is 15.0 Å². The number of rotatable bonds is 21. The minimum atomic E-state index is -1.10. The van der Waals surface area contributed by atoms with Crippen LogP contribution < -0.4 is 5.11 Å². The summed E-state index contributed by atoms with van der Waals surface area (Å²) in [7, 11) is 0. The highest BCUT2D eigenvalue weighted by Gasteiger charge is 2.34. The van der Waals surface area contributed by atoms with Gasteiger partial charge in [-0.3, -0.25) is 0 Å². The van der Waals surface area contributed by atoms with Gasteiger partial charge in [0.05, 0.1) is 18.8 Å². The van der Waals surface area contributed by atoms with E-state index < -0.39 is 5.97 Å². The van der Waals surface area contributed by atoms with Crippen molar-refractivity contribution in [3.05, 3.63) is 12.4 Å². The Bertz CT molecular complexity index is 505. The first-order valence-corrected chi connectivity index (χ1v) is 12.6. The number of nitrogens with zero attached hydrogens (tertiary/aromatic N) is 2. The Morgan fingerprint density at radius 3 is 1.77 bits per heavy atom. The normalized spacial score (nSPS) is 18.1. The molecule has 0 aliphatic carbocycles. The molecule has 1 unspecified atom stereocenters. The topological polar surface area (TPSA) is 72.7 Å². The van der Waals surface area contributed by atoms with Crippen LogP contribution in [-0.4, -0.2) is 41.1 Å². The summed E-state index contributed by atoms with van der Waals surface area (Å²) in [5, 5.41) is 20.4. The van der Waals surface area contributed by atoms with Crippen LogP contribution in [0.1, 0.15) is 116 Å². The van der Waals surface area contributed by atoms with Crippen molar-refractivity contribution in [2.75, 3.05) is 19.7 Å². The number of quaternary nitrogens is 1. The third-order valence-electron chi connectivity index (χ3n) is 6.25. The number of hydrogen-bond acceptors (Lipinski definition) is 4. The standard InChI is InChI=1S/C25H46N2O3/c1-2-3-4-5-6-7-8-9-10-11-12-13-14-15-16-17-18-24-26-19-20-27(24,21-22-28)23-25(29)30/h19-20,28H,2-18,21-23H2,1H3. The van der Waals surface area contributed by atoms with E-state index in [2.05, 4.69) is 11.9 Å². The Hall–Kier alpha value is -1.20. The van der Waals surface area contributed by atoms with Crippen LogP contribution in [0.25, 0.3) is 0 Å². The minimum absolute atomic E-state index is 0.0599. The smallest absolute Gasteiger partial charge is 0.207 e. The molecule has 1 heterocycles.